The predicted octanol–water partition coefficient (Wildman–Crippen LogP) is 4.39. The Morgan fingerprint density at radius 1 is 1.42 bits per heavy atom. The molecule has 3 rings (SSSR count). The summed E-state index contributed by atoms with van der Waals surface area (Å²) in [6, 6.07) is 0. The minimum absolute atomic E-state index is 0.422. The van der Waals surface area contributed by atoms with E-state index in [-0.39, 0.29) is 0 Å². The molecule has 2 aliphatic carbocycles. The van der Waals surface area contributed by atoms with E-state index in [9.17, 15) is 0 Å². The van der Waals surface area contributed by atoms with Gasteiger partial charge < -0.3 is 10.5 Å². The van der Waals surface area contributed by atoms with Gasteiger partial charge >= 0.3 is 0 Å². The summed E-state index contributed by atoms with van der Waals surface area (Å²) in [6.07, 6.45) is 3.76. The maximum atomic E-state index is 6.96. The Hall–Kier alpha value is 0.780. The first kappa shape index (κ1) is 14.7. The summed E-state index contributed by atoms with van der Waals surface area (Å²) in [5.41, 5.74) is 8.24. The third kappa shape index (κ3) is 1.90. The standard InChI is InChI=1S/C13H15Br2Cl2NO/c14-11-10-8(3-6-19-10)9-7(2-5-18)1-4-12(9,16)13(11,15)17/h7H,1-6,18H2/t7-,12?,13?/m0/s1. The molecule has 0 radical (unpaired) electrons. The van der Waals surface area contributed by atoms with E-state index in [1.807, 2.05) is 0 Å². The topological polar surface area (TPSA) is 35.2 Å². The summed E-state index contributed by atoms with van der Waals surface area (Å²) in [5.74, 6) is 1.30. The molecule has 106 valence electrons. The second kappa shape index (κ2) is 4.91. The van der Waals surface area contributed by atoms with Gasteiger partial charge in [0, 0.05) is 6.42 Å². The summed E-state index contributed by atoms with van der Waals surface area (Å²) in [7, 11) is 0. The quantitative estimate of drug-likeness (QED) is 0.658. The number of alkyl halides is 3. The van der Waals surface area contributed by atoms with Crippen LogP contribution in [0.2, 0.25) is 0 Å². The molecule has 0 amide bonds. The van der Waals surface area contributed by atoms with Crippen LogP contribution < -0.4 is 5.73 Å². The summed E-state index contributed by atoms with van der Waals surface area (Å²) < 4.78 is 5.75. The average Bonchev–Trinajstić information content (AvgIpc) is 2.93. The van der Waals surface area contributed by atoms with Crippen LogP contribution in [0.4, 0.5) is 0 Å². The first-order valence-corrected chi connectivity index (χ1v) is 8.81. The minimum atomic E-state index is -0.830. The Labute approximate surface area is 140 Å². The van der Waals surface area contributed by atoms with Crippen molar-refractivity contribution in [3.63, 3.8) is 0 Å². The Morgan fingerprint density at radius 2 is 2.16 bits per heavy atom. The van der Waals surface area contributed by atoms with E-state index in [2.05, 4.69) is 31.9 Å². The van der Waals surface area contributed by atoms with Gasteiger partial charge in [0.25, 0.3) is 0 Å². The molecule has 3 atom stereocenters. The summed E-state index contributed by atoms with van der Waals surface area (Å²) in [4.78, 5) is -0.584. The lowest BCUT2D eigenvalue weighted by molar-refractivity contribution is 0.262. The summed E-state index contributed by atoms with van der Waals surface area (Å²) in [5, 5.41) is 0. The molecule has 2 unspecified atom stereocenters. The van der Waals surface area contributed by atoms with Gasteiger partial charge in [0.2, 0.25) is 0 Å². The van der Waals surface area contributed by atoms with Crippen LogP contribution in [0.1, 0.15) is 25.7 Å². The zero-order chi connectivity index (χ0) is 13.8. The van der Waals surface area contributed by atoms with E-state index >= 15 is 0 Å². The highest BCUT2D eigenvalue weighted by atomic mass is 79.9. The smallest absolute Gasteiger partial charge is 0.157 e. The molecule has 0 spiro atoms. The molecule has 2 fully saturated rings. The van der Waals surface area contributed by atoms with E-state index in [1.165, 1.54) is 11.1 Å². The van der Waals surface area contributed by atoms with Crippen molar-refractivity contribution in [2.45, 2.75) is 34.3 Å². The molecule has 1 saturated heterocycles. The van der Waals surface area contributed by atoms with Crippen molar-refractivity contribution in [2.75, 3.05) is 13.2 Å². The molecule has 0 aromatic carbocycles. The molecule has 19 heavy (non-hydrogen) atoms. The Morgan fingerprint density at radius 3 is 2.84 bits per heavy atom. The van der Waals surface area contributed by atoms with Crippen LogP contribution in [-0.4, -0.2) is 21.8 Å². The zero-order valence-electron chi connectivity index (χ0n) is 10.3. The first-order valence-electron chi connectivity index (χ1n) is 6.47. The van der Waals surface area contributed by atoms with E-state index < -0.39 is 8.66 Å². The van der Waals surface area contributed by atoms with E-state index in [0.29, 0.717) is 19.1 Å². The van der Waals surface area contributed by atoms with Crippen LogP contribution in [0.3, 0.4) is 0 Å². The molecule has 1 aliphatic heterocycles. The second-order valence-corrected chi connectivity index (χ2v) is 8.97. The fourth-order valence-electron chi connectivity index (χ4n) is 3.50. The average molecular weight is 432 g/mol. The molecular formula is C13H15Br2Cl2NO. The third-order valence-corrected chi connectivity index (χ3v) is 8.66. The lowest BCUT2D eigenvalue weighted by Gasteiger charge is -2.41. The van der Waals surface area contributed by atoms with Crippen LogP contribution >= 0.6 is 55.1 Å². The number of nitrogens with two attached hydrogens (primary N) is 1. The molecule has 6 heteroatoms. The largest absolute Gasteiger partial charge is 0.492 e. The van der Waals surface area contributed by atoms with Crippen molar-refractivity contribution in [3.05, 3.63) is 21.4 Å². The van der Waals surface area contributed by atoms with Gasteiger partial charge in [-0.1, -0.05) is 27.5 Å². The van der Waals surface area contributed by atoms with Crippen LogP contribution in [0.25, 0.3) is 0 Å². The number of hydrogen-bond donors (Lipinski definition) is 1. The Bertz CT molecular complexity index is 489. The number of rotatable bonds is 2. The van der Waals surface area contributed by atoms with Gasteiger partial charge in [-0.05, 0) is 58.8 Å². The molecular weight excluding hydrogens is 417 g/mol. The van der Waals surface area contributed by atoms with Gasteiger partial charge in [-0.15, -0.1) is 11.6 Å². The Balaban J connectivity index is 2.18. The molecule has 3 aliphatic rings. The zero-order valence-corrected chi connectivity index (χ0v) is 15.0. The lowest BCUT2D eigenvalue weighted by Crippen LogP contribution is -2.44. The molecule has 0 aromatic rings. The highest BCUT2D eigenvalue weighted by Crippen LogP contribution is 2.65. The monoisotopic (exact) mass is 429 g/mol. The minimum Gasteiger partial charge on any atom is -0.492 e. The van der Waals surface area contributed by atoms with Gasteiger partial charge in [-0.3, -0.25) is 0 Å². The molecule has 0 aromatic heterocycles. The SMILES string of the molecule is NCC[C@@H]1CCC2(Cl)C1=C1CCOC1=C(Br)C2(Cl)Br. The number of hydrogen-bond acceptors (Lipinski definition) is 2. The van der Waals surface area contributed by atoms with Gasteiger partial charge in [-0.2, -0.15) is 0 Å². The fraction of sp³-hybridized carbons (Fsp3) is 0.692. The molecule has 2 nitrogen and oxygen atoms in total. The van der Waals surface area contributed by atoms with E-state index in [0.717, 1.165) is 35.9 Å². The van der Waals surface area contributed by atoms with Crippen molar-refractivity contribution >= 4 is 55.1 Å². The van der Waals surface area contributed by atoms with Crippen LogP contribution in [0.5, 0.6) is 0 Å². The Kier molecular flexibility index (Phi) is 3.80. The van der Waals surface area contributed by atoms with E-state index in [1.54, 1.807) is 0 Å². The van der Waals surface area contributed by atoms with Gasteiger partial charge in [0.05, 0.1) is 11.1 Å². The van der Waals surface area contributed by atoms with Crippen molar-refractivity contribution < 1.29 is 4.74 Å². The maximum absolute atomic E-state index is 6.96. The highest BCUT2D eigenvalue weighted by Gasteiger charge is 2.61. The second-order valence-electron chi connectivity index (χ2n) is 5.32. The number of ether oxygens (including phenoxy) is 1. The van der Waals surface area contributed by atoms with Gasteiger partial charge in [0.15, 0.2) is 3.78 Å². The van der Waals surface area contributed by atoms with Crippen LogP contribution in [-0.2, 0) is 4.74 Å². The number of allylic oxidation sites excluding steroid dienone is 3. The van der Waals surface area contributed by atoms with Crippen LogP contribution in [0.15, 0.2) is 21.4 Å². The highest BCUT2D eigenvalue weighted by molar-refractivity contribution is 9.14. The molecule has 0 bridgehead atoms. The van der Waals surface area contributed by atoms with Crippen molar-refractivity contribution in [2.24, 2.45) is 11.7 Å². The number of fused-ring (bicyclic) bond motifs is 2. The van der Waals surface area contributed by atoms with Gasteiger partial charge in [-0.25, -0.2) is 0 Å². The van der Waals surface area contributed by atoms with Crippen molar-refractivity contribution in [1.82, 2.24) is 0 Å². The predicted molar refractivity (Wildman–Crippen MR) is 86.0 cm³/mol. The summed E-state index contributed by atoms with van der Waals surface area (Å²) in [6.45, 7) is 1.37. The van der Waals surface area contributed by atoms with Crippen molar-refractivity contribution in [3.8, 4) is 0 Å². The summed E-state index contributed by atoms with van der Waals surface area (Å²) >= 11 is 20.9. The van der Waals surface area contributed by atoms with Crippen LogP contribution in [0, 0.1) is 5.92 Å². The van der Waals surface area contributed by atoms with Gasteiger partial charge in [0.1, 0.15) is 10.6 Å². The molecule has 1 heterocycles. The maximum Gasteiger partial charge on any atom is 0.157 e. The molecule has 1 saturated carbocycles. The lowest BCUT2D eigenvalue weighted by atomic mass is 9.82. The molecule has 2 N–H and O–H groups in total. The first-order chi connectivity index (χ1) is 8.93. The third-order valence-electron chi connectivity index (χ3n) is 4.36. The van der Waals surface area contributed by atoms with Crippen molar-refractivity contribution in [1.29, 1.82) is 0 Å². The van der Waals surface area contributed by atoms with E-state index in [4.69, 9.17) is 33.7 Å². The normalized spacial score (nSPS) is 41.4. The fourth-order valence-corrected chi connectivity index (χ4v) is 5.65. The number of halogens is 4.